The van der Waals surface area contributed by atoms with Gasteiger partial charge in [-0.3, -0.25) is 4.18 Å². The molecule has 0 bridgehead atoms. The first kappa shape index (κ1) is 22.8. The lowest BCUT2D eigenvalue weighted by atomic mass is 10.0. The Kier molecular flexibility index (Phi) is 7.00. The molecule has 0 aliphatic heterocycles. The van der Waals surface area contributed by atoms with Crippen molar-refractivity contribution in [2.45, 2.75) is 32.9 Å². The molecular formula is C24H27NO5S. The molecule has 164 valence electrons. The minimum atomic E-state index is -3.71. The second kappa shape index (κ2) is 9.51. The van der Waals surface area contributed by atoms with Gasteiger partial charge >= 0.3 is 0 Å². The zero-order chi connectivity index (χ0) is 22.6. The average molecular weight is 442 g/mol. The van der Waals surface area contributed by atoms with E-state index in [0.29, 0.717) is 28.6 Å². The van der Waals surface area contributed by atoms with E-state index in [-0.39, 0.29) is 0 Å². The highest BCUT2D eigenvalue weighted by atomic mass is 32.2. The van der Waals surface area contributed by atoms with Gasteiger partial charge in [-0.1, -0.05) is 41.5 Å². The van der Waals surface area contributed by atoms with E-state index in [1.165, 1.54) is 0 Å². The van der Waals surface area contributed by atoms with Crippen LogP contribution >= 0.6 is 0 Å². The predicted octanol–water partition coefficient (Wildman–Crippen LogP) is 5.25. The third kappa shape index (κ3) is 6.55. The van der Waals surface area contributed by atoms with Crippen LogP contribution in [-0.2, 0) is 14.3 Å². The summed E-state index contributed by atoms with van der Waals surface area (Å²) in [5.41, 5.74) is 8.81. The maximum absolute atomic E-state index is 11.7. The van der Waals surface area contributed by atoms with Crippen LogP contribution in [0.2, 0.25) is 0 Å². The number of hydrogen-bond donors (Lipinski definition) is 1. The molecule has 2 N–H and O–H groups in total. The number of nitrogens with two attached hydrogens (primary N) is 1. The summed E-state index contributed by atoms with van der Waals surface area (Å²) in [5.74, 6) is 2.18. The van der Waals surface area contributed by atoms with Crippen molar-refractivity contribution in [1.29, 1.82) is 0 Å². The summed E-state index contributed by atoms with van der Waals surface area (Å²) in [6, 6.07) is 19.8. The Morgan fingerprint density at radius 3 is 1.71 bits per heavy atom. The molecule has 0 amide bonds. The molecule has 0 fully saturated rings. The second-order valence-electron chi connectivity index (χ2n) is 7.62. The lowest BCUT2D eigenvalue weighted by Crippen LogP contribution is -2.28. The summed E-state index contributed by atoms with van der Waals surface area (Å²) in [5, 5.41) is 0. The highest BCUT2D eigenvalue weighted by molar-refractivity contribution is 7.86. The van der Waals surface area contributed by atoms with Crippen molar-refractivity contribution in [3.8, 4) is 23.0 Å². The third-order valence-corrected chi connectivity index (χ3v) is 5.11. The number of hydrogen-bond acceptors (Lipinski definition) is 6. The van der Waals surface area contributed by atoms with Gasteiger partial charge in [-0.05, 0) is 62.7 Å². The van der Waals surface area contributed by atoms with Crippen LogP contribution in [0.5, 0.6) is 23.0 Å². The van der Waals surface area contributed by atoms with Crippen LogP contribution in [0.4, 0.5) is 0 Å². The lowest BCUT2D eigenvalue weighted by molar-refractivity contribution is 0.189. The molecule has 0 spiro atoms. The molecular weight excluding hydrogens is 414 g/mol. The summed E-state index contributed by atoms with van der Waals surface area (Å²) >= 11 is 0. The fourth-order valence-electron chi connectivity index (χ4n) is 2.97. The van der Waals surface area contributed by atoms with E-state index in [1.807, 2.05) is 62.4 Å². The molecule has 0 aliphatic rings. The molecule has 6 nitrogen and oxygen atoms in total. The van der Waals surface area contributed by atoms with Crippen molar-refractivity contribution < 1.29 is 22.1 Å². The van der Waals surface area contributed by atoms with Gasteiger partial charge in [0, 0.05) is 6.04 Å². The molecule has 2 atom stereocenters. The zero-order valence-corrected chi connectivity index (χ0v) is 18.8. The van der Waals surface area contributed by atoms with Gasteiger partial charge in [-0.2, -0.15) is 8.42 Å². The summed E-state index contributed by atoms with van der Waals surface area (Å²) in [6.07, 6.45) is 0.143. The number of rotatable bonds is 8. The van der Waals surface area contributed by atoms with Crippen LogP contribution in [0.15, 0.2) is 66.7 Å². The fraction of sp³-hybridized carbons (Fsp3) is 0.250. The van der Waals surface area contributed by atoms with Crippen molar-refractivity contribution in [1.82, 2.24) is 0 Å². The van der Waals surface area contributed by atoms with E-state index in [2.05, 4.69) is 0 Å². The maximum atomic E-state index is 11.7. The van der Waals surface area contributed by atoms with E-state index < -0.39 is 22.3 Å². The quantitative estimate of drug-likeness (QED) is 0.480. The monoisotopic (exact) mass is 441 g/mol. The van der Waals surface area contributed by atoms with Crippen LogP contribution in [0.25, 0.3) is 0 Å². The molecule has 0 radical (unpaired) electrons. The molecule has 31 heavy (non-hydrogen) atoms. The van der Waals surface area contributed by atoms with Gasteiger partial charge in [0.1, 0.15) is 17.6 Å². The molecule has 3 rings (SSSR count). The van der Waals surface area contributed by atoms with Gasteiger partial charge in [-0.25, -0.2) is 0 Å². The average Bonchev–Trinajstić information content (AvgIpc) is 2.70. The lowest BCUT2D eigenvalue weighted by Gasteiger charge is -2.22. The first-order valence-corrected chi connectivity index (χ1v) is 11.7. The SMILES string of the molecule is Cc1ccc(Oc2ccc(C(OS(C)(=O)=O)C(C)N)cc2Oc2ccc(C)cc2)cc1. The number of benzene rings is 3. The molecule has 3 aromatic carbocycles. The fourth-order valence-corrected chi connectivity index (χ4v) is 3.63. The topological polar surface area (TPSA) is 87.9 Å². The Balaban J connectivity index is 2.00. The van der Waals surface area contributed by atoms with Crippen LogP contribution in [0.3, 0.4) is 0 Å². The summed E-state index contributed by atoms with van der Waals surface area (Å²) in [6.45, 7) is 5.68. The molecule has 0 heterocycles. The second-order valence-corrected chi connectivity index (χ2v) is 9.22. The molecule has 0 aliphatic carbocycles. The van der Waals surface area contributed by atoms with Gasteiger partial charge in [0.05, 0.1) is 6.26 Å². The summed E-state index contributed by atoms with van der Waals surface area (Å²) in [4.78, 5) is 0. The van der Waals surface area contributed by atoms with Crippen molar-refractivity contribution in [2.24, 2.45) is 5.73 Å². The summed E-state index contributed by atoms with van der Waals surface area (Å²) < 4.78 is 40.8. The Morgan fingerprint density at radius 2 is 1.26 bits per heavy atom. The third-order valence-electron chi connectivity index (χ3n) is 4.55. The predicted molar refractivity (Wildman–Crippen MR) is 121 cm³/mol. The van der Waals surface area contributed by atoms with Crippen LogP contribution in [-0.4, -0.2) is 20.7 Å². The zero-order valence-electron chi connectivity index (χ0n) is 18.0. The van der Waals surface area contributed by atoms with Crippen molar-refractivity contribution in [3.63, 3.8) is 0 Å². The first-order valence-electron chi connectivity index (χ1n) is 9.87. The number of aryl methyl sites for hydroxylation is 2. The van der Waals surface area contributed by atoms with Crippen molar-refractivity contribution in [2.75, 3.05) is 6.26 Å². The van der Waals surface area contributed by atoms with Gasteiger partial charge in [-0.15, -0.1) is 0 Å². The highest BCUT2D eigenvalue weighted by Gasteiger charge is 2.24. The molecule has 2 unspecified atom stereocenters. The Bertz CT molecular complexity index is 1120. The van der Waals surface area contributed by atoms with Gasteiger partial charge in [0.25, 0.3) is 10.1 Å². The standard InChI is InChI=1S/C24H27NO5S/c1-16-5-10-20(11-6-16)28-22-14-9-19(24(18(3)25)30-31(4,26)27)15-23(22)29-21-12-7-17(2)8-13-21/h5-15,18,24H,25H2,1-4H3. The molecule has 7 heteroatoms. The minimum absolute atomic E-state index is 0.421. The molecule has 0 saturated carbocycles. The first-order chi connectivity index (χ1) is 14.6. The summed E-state index contributed by atoms with van der Waals surface area (Å²) in [7, 11) is -3.71. The van der Waals surface area contributed by atoms with Gasteiger partial charge in [0.2, 0.25) is 0 Å². The van der Waals surface area contributed by atoms with Crippen LogP contribution in [0, 0.1) is 13.8 Å². The molecule has 3 aromatic rings. The smallest absolute Gasteiger partial charge is 0.265 e. The normalized spacial score (nSPS) is 13.5. The minimum Gasteiger partial charge on any atom is -0.453 e. The Morgan fingerprint density at radius 1 is 0.774 bits per heavy atom. The van der Waals surface area contributed by atoms with E-state index in [1.54, 1.807) is 25.1 Å². The largest absolute Gasteiger partial charge is 0.453 e. The molecule has 0 saturated heterocycles. The van der Waals surface area contributed by atoms with Gasteiger partial charge < -0.3 is 15.2 Å². The van der Waals surface area contributed by atoms with Crippen molar-refractivity contribution in [3.05, 3.63) is 83.4 Å². The van der Waals surface area contributed by atoms with Crippen LogP contribution in [0.1, 0.15) is 29.7 Å². The van der Waals surface area contributed by atoms with E-state index in [0.717, 1.165) is 17.4 Å². The Hall–Kier alpha value is -2.87. The van der Waals surface area contributed by atoms with Crippen molar-refractivity contribution >= 4 is 10.1 Å². The van der Waals surface area contributed by atoms with Crippen LogP contribution < -0.4 is 15.2 Å². The molecule has 0 aromatic heterocycles. The van der Waals surface area contributed by atoms with Gasteiger partial charge in [0.15, 0.2) is 11.5 Å². The van der Waals surface area contributed by atoms with E-state index in [9.17, 15) is 8.42 Å². The number of ether oxygens (including phenoxy) is 2. The highest BCUT2D eigenvalue weighted by Crippen LogP contribution is 2.38. The maximum Gasteiger partial charge on any atom is 0.265 e. The Labute approximate surface area is 183 Å². The van der Waals surface area contributed by atoms with E-state index >= 15 is 0 Å². The van der Waals surface area contributed by atoms with E-state index in [4.69, 9.17) is 19.4 Å².